The molecule has 0 saturated carbocycles. The van der Waals surface area contributed by atoms with E-state index in [1.165, 1.54) is 0 Å². The van der Waals surface area contributed by atoms with E-state index >= 15 is 0 Å². The van der Waals surface area contributed by atoms with Crippen molar-refractivity contribution in [3.05, 3.63) is 87.7 Å². The second kappa shape index (κ2) is 10.5. The second-order valence-corrected chi connectivity index (χ2v) is 8.44. The Labute approximate surface area is 209 Å². The van der Waals surface area contributed by atoms with Crippen molar-refractivity contribution in [2.75, 3.05) is 14.2 Å². The van der Waals surface area contributed by atoms with Crippen LogP contribution in [0.1, 0.15) is 44.3 Å². The van der Waals surface area contributed by atoms with Crippen molar-refractivity contribution in [3.8, 4) is 11.5 Å². The molecule has 0 N–H and O–H groups in total. The lowest BCUT2D eigenvalue weighted by Crippen LogP contribution is -3.00. The zero-order valence-corrected chi connectivity index (χ0v) is 21.1. The van der Waals surface area contributed by atoms with E-state index in [4.69, 9.17) is 21.1 Å². The number of fused-ring (bicyclic) bond motifs is 1. The molecule has 33 heavy (non-hydrogen) atoms. The average molecular weight is 531 g/mol. The summed E-state index contributed by atoms with van der Waals surface area (Å²) in [7, 11) is 3.14. The van der Waals surface area contributed by atoms with Gasteiger partial charge in [0.25, 0.3) is 0 Å². The Morgan fingerprint density at radius 1 is 1.09 bits per heavy atom. The molecule has 2 aromatic carbocycles. The summed E-state index contributed by atoms with van der Waals surface area (Å²) in [6, 6.07) is 13.2. The van der Waals surface area contributed by atoms with Crippen LogP contribution in [0, 0.1) is 5.92 Å². The standard InChI is InChI=1S/C26H25ClNO4.BrH/c1-16(29)22-15-28(14-18-6-4-5-7-23(18)27)9-8-17(22)10-20-11-19-12-24(31-2)25(32-3)13-21(19)26(20)30;/h4-9,12-13,15,20H,10-11,14H2,1-3H3;1H/q+1;/p-1. The molecule has 0 aliphatic heterocycles. The maximum Gasteiger partial charge on any atom is 0.180 e. The molecule has 0 bridgehead atoms. The molecule has 4 rings (SSSR count). The maximum absolute atomic E-state index is 13.1. The van der Waals surface area contributed by atoms with Crippen molar-refractivity contribution in [2.45, 2.75) is 26.3 Å². The van der Waals surface area contributed by atoms with Crippen LogP contribution in [0.4, 0.5) is 0 Å². The zero-order valence-electron chi connectivity index (χ0n) is 18.7. The summed E-state index contributed by atoms with van der Waals surface area (Å²) in [5.41, 5.74) is 4.09. The Kier molecular flexibility index (Phi) is 7.92. The molecule has 172 valence electrons. The first-order valence-corrected chi connectivity index (χ1v) is 10.8. The molecule has 1 aliphatic carbocycles. The van der Waals surface area contributed by atoms with Gasteiger partial charge in [-0.1, -0.05) is 29.8 Å². The molecule has 0 spiro atoms. The van der Waals surface area contributed by atoms with Gasteiger partial charge in [0, 0.05) is 23.1 Å². The van der Waals surface area contributed by atoms with Gasteiger partial charge < -0.3 is 26.5 Å². The van der Waals surface area contributed by atoms with Crippen molar-refractivity contribution < 1.29 is 40.6 Å². The fourth-order valence-corrected chi connectivity index (χ4v) is 4.51. The predicted molar refractivity (Wildman–Crippen MR) is 122 cm³/mol. The number of Topliss-reactive ketones (excluding diaryl/α,β-unsaturated/α-hetero) is 2. The van der Waals surface area contributed by atoms with Crippen LogP contribution >= 0.6 is 11.6 Å². The first-order chi connectivity index (χ1) is 15.4. The highest BCUT2D eigenvalue weighted by Crippen LogP contribution is 2.37. The highest BCUT2D eigenvalue weighted by Gasteiger charge is 2.33. The number of carbonyl (C=O) groups is 2. The highest BCUT2D eigenvalue weighted by molar-refractivity contribution is 6.31. The van der Waals surface area contributed by atoms with Gasteiger partial charge in [-0.15, -0.1) is 0 Å². The molecule has 3 aromatic rings. The maximum atomic E-state index is 13.1. The van der Waals surface area contributed by atoms with Gasteiger partial charge >= 0.3 is 0 Å². The highest BCUT2D eigenvalue weighted by atomic mass is 79.9. The van der Waals surface area contributed by atoms with Gasteiger partial charge in [0.2, 0.25) is 0 Å². The Morgan fingerprint density at radius 3 is 2.45 bits per heavy atom. The van der Waals surface area contributed by atoms with Crippen molar-refractivity contribution in [1.29, 1.82) is 0 Å². The summed E-state index contributed by atoms with van der Waals surface area (Å²) in [4.78, 5) is 25.5. The fraction of sp³-hybridized carbons (Fsp3) is 0.269. The predicted octanol–water partition coefficient (Wildman–Crippen LogP) is 1.50. The lowest BCUT2D eigenvalue weighted by Gasteiger charge is -2.11. The van der Waals surface area contributed by atoms with Gasteiger partial charge in [0.05, 0.1) is 24.8 Å². The van der Waals surface area contributed by atoms with Crippen LogP contribution in [0.3, 0.4) is 0 Å². The SMILES string of the molecule is COc1cc2c(cc1OC)C(=O)C(Cc1cc[n+](Cc3ccccc3Cl)cc1C(C)=O)C2.[Br-]. The van der Waals surface area contributed by atoms with E-state index in [-0.39, 0.29) is 34.5 Å². The third kappa shape index (κ3) is 5.12. The van der Waals surface area contributed by atoms with E-state index in [1.807, 2.05) is 53.4 Å². The normalized spacial score (nSPS) is 14.4. The molecule has 1 heterocycles. The summed E-state index contributed by atoms with van der Waals surface area (Å²) in [6.45, 7) is 2.12. The van der Waals surface area contributed by atoms with Gasteiger partial charge in [0.1, 0.15) is 0 Å². The summed E-state index contributed by atoms with van der Waals surface area (Å²) in [6.07, 6.45) is 4.89. The van der Waals surface area contributed by atoms with Crippen molar-refractivity contribution >= 4 is 23.2 Å². The molecule has 0 saturated heterocycles. The largest absolute Gasteiger partial charge is 1.00 e. The molecule has 5 nitrogen and oxygen atoms in total. The first-order valence-electron chi connectivity index (χ1n) is 10.5. The van der Waals surface area contributed by atoms with E-state index in [1.54, 1.807) is 27.2 Å². The third-order valence-corrected chi connectivity index (χ3v) is 6.35. The molecule has 1 atom stereocenters. The van der Waals surface area contributed by atoms with Crippen LogP contribution in [-0.4, -0.2) is 25.8 Å². The Morgan fingerprint density at radius 2 is 1.79 bits per heavy atom. The number of nitrogens with zero attached hydrogens (tertiary/aromatic N) is 1. The Balaban J connectivity index is 0.00000306. The van der Waals surface area contributed by atoms with E-state index in [9.17, 15) is 9.59 Å². The topological polar surface area (TPSA) is 56.5 Å². The van der Waals surface area contributed by atoms with E-state index < -0.39 is 0 Å². The van der Waals surface area contributed by atoms with Crippen molar-refractivity contribution in [1.82, 2.24) is 0 Å². The van der Waals surface area contributed by atoms with E-state index in [0.717, 1.165) is 16.7 Å². The minimum absolute atomic E-state index is 0. The number of hydrogen-bond donors (Lipinski definition) is 0. The van der Waals surface area contributed by atoms with Crippen molar-refractivity contribution in [3.63, 3.8) is 0 Å². The second-order valence-electron chi connectivity index (χ2n) is 8.04. The molecule has 1 unspecified atom stereocenters. The van der Waals surface area contributed by atoms with Crippen LogP contribution in [0.5, 0.6) is 11.5 Å². The number of rotatable bonds is 7. The molecule has 0 radical (unpaired) electrons. The van der Waals surface area contributed by atoms with Crippen LogP contribution in [0.15, 0.2) is 54.9 Å². The number of pyridine rings is 1. The molecule has 0 fully saturated rings. The number of methoxy groups -OCH3 is 2. The minimum Gasteiger partial charge on any atom is -1.00 e. The Bertz CT molecular complexity index is 1210. The summed E-state index contributed by atoms with van der Waals surface area (Å²) < 4.78 is 12.7. The van der Waals surface area contributed by atoms with E-state index in [0.29, 0.717) is 47.0 Å². The van der Waals surface area contributed by atoms with Gasteiger partial charge in [0.15, 0.2) is 42.0 Å². The minimum atomic E-state index is -0.223. The number of ether oxygens (including phenoxy) is 2. The number of carbonyl (C=O) groups excluding carboxylic acids is 2. The number of hydrogen-bond acceptors (Lipinski definition) is 4. The first kappa shape index (κ1) is 24.9. The molecule has 1 aromatic heterocycles. The van der Waals surface area contributed by atoms with Gasteiger partial charge in [-0.25, -0.2) is 0 Å². The fourth-order valence-electron chi connectivity index (χ4n) is 4.31. The molecule has 0 amide bonds. The van der Waals surface area contributed by atoms with Crippen LogP contribution in [0.25, 0.3) is 0 Å². The summed E-state index contributed by atoms with van der Waals surface area (Å²) in [5.74, 6) is 0.983. The zero-order chi connectivity index (χ0) is 22.8. The summed E-state index contributed by atoms with van der Waals surface area (Å²) >= 11 is 6.29. The summed E-state index contributed by atoms with van der Waals surface area (Å²) in [5, 5.41) is 0.689. The van der Waals surface area contributed by atoms with Crippen molar-refractivity contribution in [2.24, 2.45) is 5.92 Å². The number of benzene rings is 2. The van der Waals surface area contributed by atoms with E-state index in [2.05, 4.69) is 0 Å². The lowest BCUT2D eigenvalue weighted by molar-refractivity contribution is -0.688. The smallest absolute Gasteiger partial charge is 0.180 e. The third-order valence-electron chi connectivity index (χ3n) is 5.98. The van der Waals surface area contributed by atoms with Crippen LogP contribution in [-0.2, 0) is 19.4 Å². The van der Waals surface area contributed by atoms with Gasteiger partial charge in [-0.05, 0) is 49.1 Å². The molecular weight excluding hydrogens is 506 g/mol. The quantitative estimate of drug-likeness (QED) is 0.343. The lowest BCUT2D eigenvalue weighted by atomic mass is 9.92. The van der Waals surface area contributed by atoms with Crippen LogP contribution < -0.4 is 31.0 Å². The number of ketones is 2. The Hall–Kier alpha value is -2.70. The van der Waals surface area contributed by atoms with Gasteiger partial charge in [-0.3, -0.25) is 9.59 Å². The monoisotopic (exact) mass is 529 g/mol. The molecule has 1 aliphatic rings. The number of aromatic nitrogens is 1. The van der Waals surface area contributed by atoms with Gasteiger partial charge in [-0.2, -0.15) is 4.57 Å². The van der Waals surface area contributed by atoms with Crippen LogP contribution in [0.2, 0.25) is 5.02 Å². The molecular formula is C26H25BrClNO4. The molecule has 7 heteroatoms. The number of halogens is 2. The average Bonchev–Trinajstić information content (AvgIpc) is 3.09.